The standard InChI is InChI=1S/C14H12Cl3N3OS/c15-10-5-11(16)14(12(17)6-10)20-19-13(21)8-22-7-9-1-3-18-4-2-9/h1-6,20H,7-8H2,(H,19,21). The number of hydrogen-bond acceptors (Lipinski definition) is 4. The predicted octanol–water partition coefficient (Wildman–Crippen LogP) is 4.42. The van der Waals surface area contributed by atoms with Gasteiger partial charge in [0.2, 0.25) is 5.91 Å². The summed E-state index contributed by atoms with van der Waals surface area (Å²) in [5.41, 5.74) is 6.80. The van der Waals surface area contributed by atoms with Crippen LogP contribution in [0.15, 0.2) is 36.7 Å². The Balaban J connectivity index is 1.79. The fourth-order valence-corrected chi connectivity index (χ4v) is 3.27. The summed E-state index contributed by atoms with van der Waals surface area (Å²) in [5.74, 6) is 0.859. The topological polar surface area (TPSA) is 54.0 Å². The third-order valence-electron chi connectivity index (χ3n) is 2.59. The third kappa shape index (κ3) is 5.25. The van der Waals surface area contributed by atoms with Crippen molar-refractivity contribution in [2.24, 2.45) is 0 Å². The summed E-state index contributed by atoms with van der Waals surface area (Å²) in [5, 5.41) is 1.10. The van der Waals surface area contributed by atoms with Crippen molar-refractivity contribution < 1.29 is 4.79 Å². The average molecular weight is 377 g/mol. The van der Waals surface area contributed by atoms with Crippen LogP contribution in [0.2, 0.25) is 15.1 Å². The van der Waals surface area contributed by atoms with Crippen molar-refractivity contribution in [3.05, 3.63) is 57.3 Å². The van der Waals surface area contributed by atoms with Crippen LogP contribution < -0.4 is 10.9 Å². The Hall–Kier alpha value is -1.14. The number of aromatic nitrogens is 1. The number of halogens is 3. The zero-order valence-corrected chi connectivity index (χ0v) is 14.4. The second-order valence-corrected chi connectivity index (χ2v) is 6.50. The van der Waals surface area contributed by atoms with E-state index < -0.39 is 0 Å². The number of benzene rings is 1. The maximum absolute atomic E-state index is 11.8. The minimum atomic E-state index is -0.180. The van der Waals surface area contributed by atoms with Gasteiger partial charge in [-0.3, -0.25) is 20.6 Å². The van der Waals surface area contributed by atoms with Crippen molar-refractivity contribution in [2.45, 2.75) is 5.75 Å². The number of nitrogens with one attached hydrogen (secondary N) is 2. The van der Waals surface area contributed by atoms with Gasteiger partial charge < -0.3 is 0 Å². The van der Waals surface area contributed by atoms with Gasteiger partial charge in [-0.15, -0.1) is 11.8 Å². The first-order chi connectivity index (χ1) is 10.6. The van der Waals surface area contributed by atoms with Gasteiger partial charge in [0.25, 0.3) is 0 Å². The molecule has 0 aliphatic rings. The lowest BCUT2D eigenvalue weighted by Gasteiger charge is -2.12. The first kappa shape index (κ1) is 17.2. The highest BCUT2D eigenvalue weighted by molar-refractivity contribution is 7.99. The van der Waals surface area contributed by atoms with Crippen molar-refractivity contribution in [3.8, 4) is 0 Å². The summed E-state index contributed by atoms with van der Waals surface area (Å²) in [7, 11) is 0. The zero-order chi connectivity index (χ0) is 15.9. The van der Waals surface area contributed by atoms with Gasteiger partial charge in [-0.05, 0) is 29.8 Å². The molecule has 0 aliphatic carbocycles. The smallest absolute Gasteiger partial charge is 0.248 e. The summed E-state index contributed by atoms with van der Waals surface area (Å²) >= 11 is 19.3. The molecule has 1 amide bonds. The fraction of sp³-hybridized carbons (Fsp3) is 0.143. The van der Waals surface area contributed by atoms with Gasteiger partial charge in [-0.25, -0.2) is 0 Å². The van der Waals surface area contributed by atoms with Crippen molar-refractivity contribution in [1.82, 2.24) is 10.4 Å². The molecule has 2 N–H and O–H groups in total. The number of amides is 1. The molecule has 1 aromatic heterocycles. The molecule has 0 aliphatic heterocycles. The largest absolute Gasteiger partial charge is 0.296 e. The van der Waals surface area contributed by atoms with Crippen LogP contribution in [0.25, 0.3) is 0 Å². The molecule has 116 valence electrons. The summed E-state index contributed by atoms with van der Waals surface area (Å²) in [6.07, 6.45) is 3.45. The van der Waals surface area contributed by atoms with E-state index in [-0.39, 0.29) is 5.91 Å². The van der Waals surface area contributed by atoms with Crippen molar-refractivity contribution in [2.75, 3.05) is 11.2 Å². The highest BCUT2D eigenvalue weighted by Crippen LogP contribution is 2.33. The van der Waals surface area contributed by atoms with E-state index in [2.05, 4.69) is 15.8 Å². The van der Waals surface area contributed by atoms with Gasteiger partial charge in [-0.1, -0.05) is 34.8 Å². The zero-order valence-electron chi connectivity index (χ0n) is 11.3. The molecule has 0 saturated carbocycles. The second-order valence-electron chi connectivity index (χ2n) is 4.27. The van der Waals surface area contributed by atoms with Gasteiger partial charge in [0, 0.05) is 23.2 Å². The van der Waals surface area contributed by atoms with Gasteiger partial charge in [0.05, 0.1) is 21.5 Å². The van der Waals surface area contributed by atoms with Gasteiger partial charge >= 0.3 is 0 Å². The summed E-state index contributed by atoms with van der Waals surface area (Å²) in [4.78, 5) is 15.7. The molecule has 0 fully saturated rings. The Kier molecular flexibility index (Phi) is 6.64. The second kappa shape index (κ2) is 8.48. The number of carbonyl (C=O) groups is 1. The number of rotatable bonds is 6. The SMILES string of the molecule is O=C(CSCc1ccncc1)NNc1c(Cl)cc(Cl)cc1Cl. The Morgan fingerprint density at radius 1 is 1.14 bits per heavy atom. The summed E-state index contributed by atoms with van der Waals surface area (Å²) < 4.78 is 0. The number of carbonyl (C=O) groups excluding carboxylic acids is 1. The minimum Gasteiger partial charge on any atom is -0.296 e. The highest BCUT2D eigenvalue weighted by atomic mass is 35.5. The highest BCUT2D eigenvalue weighted by Gasteiger charge is 2.09. The lowest BCUT2D eigenvalue weighted by molar-refractivity contribution is -0.118. The average Bonchev–Trinajstić information content (AvgIpc) is 2.47. The van der Waals surface area contributed by atoms with E-state index in [1.807, 2.05) is 12.1 Å². The number of pyridine rings is 1. The van der Waals surface area contributed by atoms with Crippen molar-refractivity contribution in [1.29, 1.82) is 0 Å². The molecule has 8 heteroatoms. The normalized spacial score (nSPS) is 10.3. The number of hydrogen-bond donors (Lipinski definition) is 2. The van der Waals surface area contributed by atoms with E-state index >= 15 is 0 Å². The number of thioether (sulfide) groups is 1. The lowest BCUT2D eigenvalue weighted by atomic mass is 10.3. The lowest BCUT2D eigenvalue weighted by Crippen LogP contribution is -2.31. The van der Waals surface area contributed by atoms with E-state index in [0.717, 1.165) is 11.3 Å². The van der Waals surface area contributed by atoms with E-state index in [0.29, 0.717) is 26.5 Å². The molecule has 0 bridgehead atoms. The molecule has 0 saturated heterocycles. The van der Waals surface area contributed by atoms with Crippen LogP contribution in [0.3, 0.4) is 0 Å². The van der Waals surface area contributed by atoms with Crippen LogP contribution in [-0.2, 0) is 10.5 Å². The Morgan fingerprint density at radius 3 is 2.41 bits per heavy atom. The fourth-order valence-electron chi connectivity index (χ4n) is 1.57. The molecule has 2 aromatic rings. The first-order valence-corrected chi connectivity index (χ1v) is 8.51. The van der Waals surface area contributed by atoms with Crippen LogP contribution in [0.4, 0.5) is 5.69 Å². The van der Waals surface area contributed by atoms with Gasteiger partial charge in [-0.2, -0.15) is 0 Å². The molecule has 0 spiro atoms. The minimum absolute atomic E-state index is 0.180. The third-order valence-corrected chi connectivity index (χ3v) is 4.40. The Bertz CT molecular complexity index is 632. The maximum atomic E-state index is 11.8. The van der Waals surface area contributed by atoms with Crippen LogP contribution >= 0.6 is 46.6 Å². The summed E-state index contributed by atoms with van der Waals surface area (Å²) in [6.45, 7) is 0. The molecule has 0 radical (unpaired) electrons. The van der Waals surface area contributed by atoms with Crippen LogP contribution in [0.1, 0.15) is 5.56 Å². The van der Waals surface area contributed by atoms with Crippen molar-refractivity contribution >= 4 is 58.2 Å². The van der Waals surface area contributed by atoms with Gasteiger partial charge in [0.1, 0.15) is 0 Å². The quantitative estimate of drug-likeness (QED) is 0.733. The molecular weight excluding hydrogens is 365 g/mol. The van der Waals surface area contributed by atoms with Crippen LogP contribution in [-0.4, -0.2) is 16.6 Å². The van der Waals surface area contributed by atoms with E-state index in [1.54, 1.807) is 24.5 Å². The predicted molar refractivity (Wildman–Crippen MR) is 93.6 cm³/mol. The summed E-state index contributed by atoms with van der Waals surface area (Å²) in [6, 6.07) is 6.91. The molecule has 0 unspecified atom stereocenters. The molecule has 4 nitrogen and oxygen atoms in total. The monoisotopic (exact) mass is 375 g/mol. The number of hydrazine groups is 1. The Labute approximate surface area is 147 Å². The maximum Gasteiger partial charge on any atom is 0.248 e. The molecule has 0 atom stereocenters. The molecular formula is C14H12Cl3N3OS. The molecule has 1 aromatic carbocycles. The van der Waals surface area contributed by atoms with Crippen LogP contribution in [0.5, 0.6) is 0 Å². The number of anilines is 1. The first-order valence-electron chi connectivity index (χ1n) is 6.22. The number of nitrogens with zero attached hydrogens (tertiary/aromatic N) is 1. The van der Waals surface area contributed by atoms with E-state index in [4.69, 9.17) is 34.8 Å². The molecule has 1 heterocycles. The van der Waals surface area contributed by atoms with Gasteiger partial charge in [0.15, 0.2) is 0 Å². The van der Waals surface area contributed by atoms with Crippen LogP contribution in [0, 0.1) is 0 Å². The van der Waals surface area contributed by atoms with Crippen molar-refractivity contribution in [3.63, 3.8) is 0 Å². The molecule has 22 heavy (non-hydrogen) atoms. The van der Waals surface area contributed by atoms with E-state index in [9.17, 15) is 4.79 Å². The Morgan fingerprint density at radius 2 is 1.77 bits per heavy atom. The molecule has 2 rings (SSSR count). The van der Waals surface area contributed by atoms with E-state index in [1.165, 1.54) is 11.8 Å².